The van der Waals surface area contributed by atoms with Gasteiger partial charge in [-0.2, -0.15) is 0 Å². The second-order valence-corrected chi connectivity index (χ2v) is 5.26. The molecular weight excluding hydrogens is 280 g/mol. The molecule has 5 nitrogen and oxygen atoms in total. The fourth-order valence-electron chi connectivity index (χ4n) is 2.18. The Kier molecular flexibility index (Phi) is 6.03. The average Bonchev–Trinajstić information content (AvgIpc) is 2.95. The Balaban J connectivity index is 1.74. The molecule has 1 heterocycles. The molecule has 2 aromatic rings. The molecule has 2 rings (SSSR count). The molecule has 118 valence electrons. The van der Waals surface area contributed by atoms with E-state index in [4.69, 9.17) is 4.42 Å². The Morgan fingerprint density at radius 2 is 2.05 bits per heavy atom. The third-order valence-electron chi connectivity index (χ3n) is 3.56. The predicted molar refractivity (Wildman–Crippen MR) is 84.5 cm³/mol. The van der Waals surface area contributed by atoms with Crippen molar-refractivity contribution in [3.63, 3.8) is 0 Å². The summed E-state index contributed by atoms with van der Waals surface area (Å²) < 4.78 is 5.26. The van der Waals surface area contributed by atoms with E-state index in [0.717, 1.165) is 17.7 Å². The van der Waals surface area contributed by atoms with Crippen LogP contribution in [0.25, 0.3) is 0 Å². The first-order chi connectivity index (χ1) is 10.7. The van der Waals surface area contributed by atoms with Crippen LogP contribution in [-0.4, -0.2) is 23.8 Å². The van der Waals surface area contributed by atoms with Gasteiger partial charge in [0.15, 0.2) is 0 Å². The molecule has 0 aliphatic heterocycles. The highest BCUT2D eigenvalue weighted by atomic mass is 16.3. The molecule has 0 spiro atoms. The number of carbonyl (C=O) groups is 1. The molecule has 1 aromatic heterocycles. The molecule has 0 bridgehead atoms. The first-order valence-electron chi connectivity index (χ1n) is 7.41. The molecule has 0 saturated carbocycles. The average molecular weight is 302 g/mol. The van der Waals surface area contributed by atoms with Gasteiger partial charge in [0.1, 0.15) is 5.76 Å². The summed E-state index contributed by atoms with van der Waals surface area (Å²) in [6.45, 7) is 2.18. The van der Waals surface area contributed by atoms with Crippen LogP contribution in [0.2, 0.25) is 0 Å². The Labute approximate surface area is 130 Å². The number of hydrogen-bond donors (Lipinski definition) is 3. The maximum atomic E-state index is 11.9. The SMILES string of the molecule is Cc1ccoc1CNC(=O)N[C@@H](CO)CCc1ccccc1. The van der Waals surface area contributed by atoms with Crippen LogP contribution in [0.3, 0.4) is 0 Å². The first kappa shape index (κ1) is 16.1. The van der Waals surface area contributed by atoms with Crippen molar-refractivity contribution in [2.24, 2.45) is 0 Å². The van der Waals surface area contributed by atoms with Gasteiger partial charge in [0.05, 0.1) is 25.5 Å². The monoisotopic (exact) mass is 302 g/mol. The van der Waals surface area contributed by atoms with Crippen molar-refractivity contribution < 1.29 is 14.3 Å². The van der Waals surface area contributed by atoms with Gasteiger partial charge >= 0.3 is 6.03 Å². The third-order valence-corrected chi connectivity index (χ3v) is 3.56. The van der Waals surface area contributed by atoms with Gasteiger partial charge in [-0.25, -0.2) is 4.79 Å². The fourth-order valence-corrected chi connectivity index (χ4v) is 2.18. The van der Waals surface area contributed by atoms with E-state index in [1.165, 1.54) is 5.56 Å². The Hall–Kier alpha value is -2.27. The van der Waals surface area contributed by atoms with E-state index >= 15 is 0 Å². The maximum absolute atomic E-state index is 11.9. The van der Waals surface area contributed by atoms with Gasteiger partial charge in [-0.05, 0) is 37.0 Å². The van der Waals surface area contributed by atoms with Gasteiger partial charge in [0.2, 0.25) is 0 Å². The van der Waals surface area contributed by atoms with Gasteiger partial charge in [-0.3, -0.25) is 0 Å². The lowest BCUT2D eigenvalue weighted by Gasteiger charge is -2.16. The van der Waals surface area contributed by atoms with Crippen molar-refractivity contribution >= 4 is 6.03 Å². The standard InChI is InChI=1S/C17H22N2O3/c1-13-9-10-22-16(13)11-18-17(21)19-15(12-20)8-7-14-5-3-2-4-6-14/h2-6,9-10,15,20H,7-8,11-12H2,1H3,(H2,18,19,21)/t15-/m1/s1. The first-order valence-corrected chi connectivity index (χ1v) is 7.41. The molecule has 0 aliphatic carbocycles. The summed E-state index contributed by atoms with van der Waals surface area (Å²) in [6, 6.07) is 11.3. The predicted octanol–water partition coefficient (Wildman–Crippen LogP) is 2.38. The van der Waals surface area contributed by atoms with Crippen molar-refractivity contribution in [3.05, 3.63) is 59.5 Å². The van der Waals surface area contributed by atoms with Crippen LogP contribution >= 0.6 is 0 Å². The number of carbonyl (C=O) groups excluding carboxylic acids is 1. The molecule has 0 fully saturated rings. The van der Waals surface area contributed by atoms with Crippen LogP contribution in [0.5, 0.6) is 0 Å². The number of aliphatic hydroxyl groups excluding tert-OH is 1. The Bertz CT molecular complexity index is 581. The van der Waals surface area contributed by atoms with Crippen LogP contribution < -0.4 is 10.6 Å². The number of amides is 2. The molecule has 0 aliphatic rings. The Morgan fingerprint density at radius 1 is 1.27 bits per heavy atom. The van der Waals surface area contributed by atoms with E-state index in [1.807, 2.05) is 43.3 Å². The van der Waals surface area contributed by atoms with Gasteiger partial charge in [-0.1, -0.05) is 30.3 Å². The minimum absolute atomic E-state index is 0.0833. The van der Waals surface area contributed by atoms with E-state index in [2.05, 4.69) is 10.6 Å². The highest BCUT2D eigenvalue weighted by Gasteiger charge is 2.12. The number of benzene rings is 1. The summed E-state index contributed by atoms with van der Waals surface area (Å²) in [5.41, 5.74) is 2.19. The van der Waals surface area contributed by atoms with Crippen LogP contribution in [0.15, 0.2) is 47.1 Å². The normalized spacial score (nSPS) is 11.9. The van der Waals surface area contributed by atoms with Gasteiger partial charge < -0.3 is 20.2 Å². The zero-order valence-electron chi connectivity index (χ0n) is 12.7. The van der Waals surface area contributed by atoms with E-state index in [0.29, 0.717) is 13.0 Å². The summed E-state index contributed by atoms with van der Waals surface area (Å²) in [4.78, 5) is 11.9. The topological polar surface area (TPSA) is 74.5 Å². The second-order valence-electron chi connectivity index (χ2n) is 5.26. The summed E-state index contributed by atoms with van der Waals surface area (Å²) in [5, 5.41) is 14.9. The molecule has 0 radical (unpaired) electrons. The van der Waals surface area contributed by atoms with Gasteiger partial charge in [-0.15, -0.1) is 0 Å². The van der Waals surface area contributed by atoms with E-state index in [-0.39, 0.29) is 18.7 Å². The summed E-state index contributed by atoms with van der Waals surface area (Å²) in [7, 11) is 0. The molecule has 5 heteroatoms. The van der Waals surface area contributed by atoms with Crippen molar-refractivity contribution in [3.8, 4) is 0 Å². The Morgan fingerprint density at radius 3 is 2.68 bits per heavy atom. The number of rotatable bonds is 7. The number of aliphatic hydroxyl groups is 1. The number of nitrogens with one attached hydrogen (secondary N) is 2. The van der Waals surface area contributed by atoms with Crippen molar-refractivity contribution in [2.45, 2.75) is 32.4 Å². The van der Waals surface area contributed by atoms with Crippen LogP contribution in [0, 0.1) is 6.92 Å². The summed E-state index contributed by atoms with van der Waals surface area (Å²) in [5.74, 6) is 0.736. The maximum Gasteiger partial charge on any atom is 0.315 e. The van der Waals surface area contributed by atoms with Gasteiger partial charge in [0.25, 0.3) is 0 Å². The molecule has 1 aromatic carbocycles. The highest BCUT2D eigenvalue weighted by molar-refractivity contribution is 5.74. The van der Waals surface area contributed by atoms with E-state index in [1.54, 1.807) is 6.26 Å². The van der Waals surface area contributed by atoms with Crippen LogP contribution in [-0.2, 0) is 13.0 Å². The van der Waals surface area contributed by atoms with E-state index < -0.39 is 0 Å². The largest absolute Gasteiger partial charge is 0.467 e. The van der Waals surface area contributed by atoms with Crippen LogP contribution in [0.1, 0.15) is 23.3 Å². The number of aryl methyl sites for hydroxylation is 2. The lowest BCUT2D eigenvalue weighted by Crippen LogP contribution is -2.43. The number of furan rings is 1. The minimum Gasteiger partial charge on any atom is -0.467 e. The summed E-state index contributed by atoms with van der Waals surface area (Å²) >= 11 is 0. The molecule has 2 amide bonds. The van der Waals surface area contributed by atoms with E-state index in [9.17, 15) is 9.90 Å². The molecule has 0 unspecified atom stereocenters. The number of urea groups is 1. The smallest absolute Gasteiger partial charge is 0.315 e. The van der Waals surface area contributed by atoms with Crippen molar-refractivity contribution in [1.82, 2.24) is 10.6 Å². The molecule has 3 N–H and O–H groups in total. The molecular formula is C17H22N2O3. The lowest BCUT2D eigenvalue weighted by molar-refractivity contribution is 0.212. The van der Waals surface area contributed by atoms with Crippen molar-refractivity contribution in [1.29, 1.82) is 0 Å². The third kappa shape index (κ3) is 4.93. The van der Waals surface area contributed by atoms with Crippen molar-refractivity contribution in [2.75, 3.05) is 6.61 Å². The molecule has 1 atom stereocenters. The molecule has 0 saturated heterocycles. The molecule has 22 heavy (non-hydrogen) atoms. The minimum atomic E-state index is -0.303. The van der Waals surface area contributed by atoms with Crippen LogP contribution in [0.4, 0.5) is 4.79 Å². The zero-order valence-corrected chi connectivity index (χ0v) is 12.7. The van der Waals surface area contributed by atoms with Gasteiger partial charge in [0, 0.05) is 0 Å². The number of hydrogen-bond acceptors (Lipinski definition) is 3. The summed E-state index contributed by atoms with van der Waals surface area (Å²) in [6.07, 6.45) is 3.10. The fraction of sp³-hybridized carbons (Fsp3) is 0.353. The lowest BCUT2D eigenvalue weighted by atomic mass is 10.1. The zero-order chi connectivity index (χ0) is 15.8. The second kappa shape index (κ2) is 8.24. The quantitative estimate of drug-likeness (QED) is 0.735. The highest BCUT2D eigenvalue weighted by Crippen LogP contribution is 2.08.